The second-order valence-corrected chi connectivity index (χ2v) is 3.56. The lowest BCUT2D eigenvalue weighted by atomic mass is 9.57. The summed E-state index contributed by atoms with van der Waals surface area (Å²) in [5.74, 6) is 0.0190. The van der Waals surface area contributed by atoms with Crippen LogP contribution in [0.2, 0.25) is 0 Å². The summed E-state index contributed by atoms with van der Waals surface area (Å²) >= 11 is 0. The van der Waals surface area contributed by atoms with Crippen molar-refractivity contribution >= 4 is 11.8 Å². The van der Waals surface area contributed by atoms with Crippen molar-refractivity contribution < 1.29 is 9.59 Å². The number of fused-ring (bicyclic) bond motifs is 2. The Kier molecular flexibility index (Phi) is 1.14. The molecule has 0 aromatic heterocycles. The fourth-order valence-corrected chi connectivity index (χ4v) is 2.05. The van der Waals surface area contributed by atoms with Crippen LogP contribution in [0.3, 0.4) is 0 Å². The van der Waals surface area contributed by atoms with E-state index in [0.717, 1.165) is 19.3 Å². The first-order chi connectivity index (χ1) is 5.18. The van der Waals surface area contributed by atoms with E-state index >= 15 is 0 Å². The van der Waals surface area contributed by atoms with Gasteiger partial charge in [-0.25, -0.2) is 0 Å². The molecule has 3 fully saturated rings. The van der Waals surface area contributed by atoms with Gasteiger partial charge in [0.25, 0.3) is 0 Å². The van der Waals surface area contributed by atoms with E-state index in [9.17, 15) is 9.59 Å². The van der Waals surface area contributed by atoms with Gasteiger partial charge in [0.05, 0.1) is 5.41 Å². The van der Waals surface area contributed by atoms with Crippen molar-refractivity contribution in [3.8, 4) is 0 Å². The molecule has 2 amide bonds. The van der Waals surface area contributed by atoms with Crippen LogP contribution in [0.25, 0.3) is 0 Å². The van der Waals surface area contributed by atoms with Crippen LogP contribution in [0.15, 0.2) is 0 Å². The molecule has 0 aromatic carbocycles. The summed E-state index contributed by atoms with van der Waals surface area (Å²) in [5.41, 5.74) is -0.168. The lowest BCUT2D eigenvalue weighted by molar-refractivity contribution is -0.159. The zero-order chi connectivity index (χ0) is 8.06. The van der Waals surface area contributed by atoms with Gasteiger partial charge in [-0.2, -0.15) is 0 Å². The molecule has 60 valence electrons. The van der Waals surface area contributed by atoms with Crippen molar-refractivity contribution in [2.45, 2.75) is 26.2 Å². The normalized spacial score (nSPS) is 41.4. The third-order valence-corrected chi connectivity index (χ3v) is 3.04. The molecule has 3 rings (SSSR count). The number of amides is 2. The fraction of sp³-hybridized carbons (Fsp3) is 0.750. The Morgan fingerprint density at radius 2 is 2.18 bits per heavy atom. The molecule has 3 aliphatic rings. The van der Waals surface area contributed by atoms with E-state index in [0.29, 0.717) is 0 Å². The first-order valence-corrected chi connectivity index (χ1v) is 4.03. The molecule has 0 atom stereocenters. The Balaban J connectivity index is 2.23. The largest absolute Gasteiger partial charge is 0.296 e. The monoisotopic (exact) mass is 153 g/mol. The second-order valence-electron chi connectivity index (χ2n) is 3.56. The number of hydrogen-bond donors (Lipinski definition) is 1. The second kappa shape index (κ2) is 1.84. The molecule has 1 N–H and O–H groups in total. The van der Waals surface area contributed by atoms with E-state index in [1.54, 1.807) is 0 Å². The van der Waals surface area contributed by atoms with Gasteiger partial charge >= 0.3 is 0 Å². The lowest BCUT2D eigenvalue weighted by Gasteiger charge is -2.49. The highest BCUT2D eigenvalue weighted by molar-refractivity contribution is 6.04. The van der Waals surface area contributed by atoms with Crippen molar-refractivity contribution in [2.24, 2.45) is 11.3 Å². The maximum absolute atomic E-state index is 11.3. The average Bonchev–Trinajstić information content (AvgIpc) is 1.84. The van der Waals surface area contributed by atoms with Crippen LogP contribution in [0.5, 0.6) is 0 Å². The average molecular weight is 153 g/mol. The SMILES string of the molecule is CCC12CC(C1)C(=O)NC2=O. The fourth-order valence-electron chi connectivity index (χ4n) is 2.05. The molecule has 1 aliphatic carbocycles. The van der Waals surface area contributed by atoms with Crippen molar-refractivity contribution in [3.05, 3.63) is 0 Å². The van der Waals surface area contributed by atoms with Gasteiger partial charge in [0, 0.05) is 5.92 Å². The van der Waals surface area contributed by atoms with Gasteiger partial charge in [-0.05, 0) is 19.3 Å². The summed E-state index contributed by atoms with van der Waals surface area (Å²) in [6.07, 6.45) is 2.44. The van der Waals surface area contributed by atoms with E-state index < -0.39 is 0 Å². The van der Waals surface area contributed by atoms with E-state index in [1.807, 2.05) is 6.92 Å². The van der Waals surface area contributed by atoms with E-state index in [4.69, 9.17) is 0 Å². The maximum atomic E-state index is 11.3. The molecule has 2 aliphatic heterocycles. The number of rotatable bonds is 1. The third kappa shape index (κ3) is 0.682. The molecule has 11 heavy (non-hydrogen) atoms. The molecular weight excluding hydrogens is 142 g/mol. The molecule has 2 saturated heterocycles. The van der Waals surface area contributed by atoms with Crippen molar-refractivity contribution in [1.82, 2.24) is 5.32 Å². The topological polar surface area (TPSA) is 46.2 Å². The summed E-state index contributed by atoms with van der Waals surface area (Å²) in [6.45, 7) is 2.01. The van der Waals surface area contributed by atoms with E-state index in [-0.39, 0.29) is 23.1 Å². The van der Waals surface area contributed by atoms with E-state index in [2.05, 4.69) is 5.32 Å². The minimum atomic E-state index is -0.168. The summed E-state index contributed by atoms with van der Waals surface area (Å²) in [7, 11) is 0. The standard InChI is InChI=1S/C8H11NO2/c1-2-8-3-5(4-8)6(10)9-7(8)11/h5H,2-4H2,1H3,(H,9,10,11). The van der Waals surface area contributed by atoms with Crippen LogP contribution >= 0.6 is 0 Å². The van der Waals surface area contributed by atoms with E-state index in [1.165, 1.54) is 0 Å². The van der Waals surface area contributed by atoms with Crippen molar-refractivity contribution in [3.63, 3.8) is 0 Å². The maximum Gasteiger partial charge on any atom is 0.232 e. The van der Waals surface area contributed by atoms with Gasteiger partial charge in [0.1, 0.15) is 0 Å². The molecule has 0 aromatic rings. The van der Waals surface area contributed by atoms with Crippen molar-refractivity contribution in [2.75, 3.05) is 0 Å². The van der Waals surface area contributed by atoms with Gasteiger partial charge in [-0.1, -0.05) is 6.92 Å². The van der Waals surface area contributed by atoms with Crippen LogP contribution in [-0.2, 0) is 9.59 Å². The molecule has 2 heterocycles. The molecule has 3 heteroatoms. The highest BCUT2D eigenvalue weighted by Gasteiger charge is 2.55. The Morgan fingerprint density at radius 3 is 2.64 bits per heavy atom. The molecule has 0 unspecified atom stereocenters. The number of piperidine rings is 2. The Bertz CT molecular complexity index is 228. The Morgan fingerprint density at radius 1 is 1.55 bits per heavy atom. The van der Waals surface area contributed by atoms with Crippen molar-refractivity contribution in [1.29, 1.82) is 0 Å². The summed E-state index contributed by atoms with van der Waals surface area (Å²) in [5, 5.41) is 2.39. The summed E-state index contributed by atoms with van der Waals surface area (Å²) in [6, 6.07) is 0. The third-order valence-electron chi connectivity index (χ3n) is 3.04. The molecule has 0 spiro atoms. The smallest absolute Gasteiger partial charge is 0.232 e. The van der Waals surface area contributed by atoms with Gasteiger partial charge in [0.2, 0.25) is 11.8 Å². The van der Waals surface area contributed by atoms with Crippen LogP contribution in [0.4, 0.5) is 0 Å². The van der Waals surface area contributed by atoms with Crippen LogP contribution in [0, 0.1) is 11.3 Å². The predicted octanol–water partition coefficient (Wildman–Crippen LogP) is 0.449. The number of carbonyl (C=O) groups is 2. The highest BCUT2D eigenvalue weighted by atomic mass is 16.2. The molecule has 0 radical (unpaired) electrons. The number of hydrogen-bond acceptors (Lipinski definition) is 2. The van der Waals surface area contributed by atoms with Crippen LogP contribution in [-0.4, -0.2) is 11.8 Å². The number of carbonyl (C=O) groups excluding carboxylic acids is 2. The Labute approximate surface area is 65.2 Å². The predicted molar refractivity (Wildman–Crippen MR) is 38.6 cm³/mol. The Hall–Kier alpha value is -0.860. The van der Waals surface area contributed by atoms with Gasteiger partial charge in [0.15, 0.2) is 0 Å². The first kappa shape index (κ1) is 6.83. The van der Waals surface area contributed by atoms with Crippen LogP contribution < -0.4 is 5.32 Å². The lowest BCUT2D eigenvalue weighted by Crippen LogP contribution is -2.61. The van der Waals surface area contributed by atoms with Gasteiger partial charge in [-0.15, -0.1) is 0 Å². The molecular formula is C8H11NO2. The quantitative estimate of drug-likeness (QED) is 0.556. The van der Waals surface area contributed by atoms with Crippen LogP contribution in [0.1, 0.15) is 26.2 Å². The summed E-state index contributed by atoms with van der Waals surface area (Å²) in [4.78, 5) is 22.2. The first-order valence-electron chi connectivity index (χ1n) is 4.03. The molecule has 3 nitrogen and oxygen atoms in total. The summed E-state index contributed by atoms with van der Waals surface area (Å²) < 4.78 is 0. The van der Waals surface area contributed by atoms with Gasteiger partial charge in [-0.3, -0.25) is 14.9 Å². The number of imide groups is 1. The minimum Gasteiger partial charge on any atom is -0.296 e. The van der Waals surface area contributed by atoms with Gasteiger partial charge < -0.3 is 0 Å². The zero-order valence-electron chi connectivity index (χ0n) is 6.52. The zero-order valence-corrected chi connectivity index (χ0v) is 6.52. The highest BCUT2D eigenvalue weighted by Crippen LogP contribution is 2.51. The molecule has 2 bridgehead atoms. The minimum absolute atomic E-state index is 0.0486. The molecule has 1 saturated carbocycles. The number of nitrogens with one attached hydrogen (secondary N) is 1.